The third-order valence-electron chi connectivity index (χ3n) is 4.44. The molecule has 1 aliphatic carbocycles. The normalized spacial score (nSPS) is 23.9. The molecule has 0 unspecified atom stereocenters. The monoisotopic (exact) mass is 341 g/mol. The second kappa shape index (κ2) is 7.68. The maximum atomic E-state index is 13.1. The summed E-state index contributed by atoms with van der Waals surface area (Å²) in [4.78, 5) is 11.9. The Morgan fingerprint density at radius 1 is 1.13 bits per heavy atom. The van der Waals surface area contributed by atoms with E-state index in [0.29, 0.717) is 23.0 Å². The highest BCUT2D eigenvalue weighted by atomic mass is 32.1. The predicted octanol–water partition coefficient (Wildman–Crippen LogP) is 2.90. The number of halogens is 2. The Morgan fingerprint density at radius 3 is 2.43 bits per heavy atom. The molecule has 23 heavy (non-hydrogen) atoms. The number of rotatable bonds is 2. The lowest BCUT2D eigenvalue weighted by molar-refractivity contribution is 0.0942. The zero-order valence-electron chi connectivity index (χ0n) is 13.2. The Hall–Kier alpha value is -1.76. The Kier molecular flexibility index (Phi) is 5.87. The smallest absolute Gasteiger partial charge is 0.269 e. The molecule has 0 heterocycles. The van der Waals surface area contributed by atoms with Gasteiger partial charge in [0.05, 0.1) is 0 Å². The number of benzene rings is 1. The number of nitrogens with one attached hydrogen (secondary N) is 3. The van der Waals surface area contributed by atoms with Gasteiger partial charge in [-0.2, -0.15) is 0 Å². The van der Waals surface area contributed by atoms with Gasteiger partial charge in [0, 0.05) is 17.7 Å². The van der Waals surface area contributed by atoms with E-state index in [1.54, 1.807) is 0 Å². The van der Waals surface area contributed by atoms with E-state index in [2.05, 4.69) is 30.0 Å². The van der Waals surface area contributed by atoms with Gasteiger partial charge in [-0.1, -0.05) is 26.7 Å². The van der Waals surface area contributed by atoms with Gasteiger partial charge in [0.25, 0.3) is 5.91 Å². The number of hydrazine groups is 1. The summed E-state index contributed by atoms with van der Waals surface area (Å²) in [5.74, 6) is -1.16. The van der Waals surface area contributed by atoms with Gasteiger partial charge in [-0.15, -0.1) is 0 Å². The predicted molar refractivity (Wildman–Crippen MR) is 88.7 cm³/mol. The number of hydrogen-bond acceptors (Lipinski definition) is 2. The maximum absolute atomic E-state index is 13.1. The van der Waals surface area contributed by atoms with Crippen molar-refractivity contribution in [1.82, 2.24) is 16.2 Å². The van der Waals surface area contributed by atoms with E-state index in [4.69, 9.17) is 12.2 Å². The van der Waals surface area contributed by atoms with Crippen molar-refractivity contribution in [1.29, 1.82) is 0 Å². The number of hydrogen-bond donors (Lipinski definition) is 3. The van der Waals surface area contributed by atoms with Crippen molar-refractivity contribution < 1.29 is 13.6 Å². The van der Waals surface area contributed by atoms with Gasteiger partial charge in [0.1, 0.15) is 11.6 Å². The Labute approximate surface area is 140 Å². The Balaban J connectivity index is 1.85. The van der Waals surface area contributed by atoms with Gasteiger partial charge >= 0.3 is 0 Å². The summed E-state index contributed by atoms with van der Waals surface area (Å²) in [6.07, 6.45) is 3.37. The molecule has 1 saturated carbocycles. The van der Waals surface area contributed by atoms with Gasteiger partial charge < -0.3 is 5.32 Å². The van der Waals surface area contributed by atoms with Crippen molar-refractivity contribution in [3.8, 4) is 0 Å². The molecular formula is C16H21F2N3OS. The zero-order valence-corrected chi connectivity index (χ0v) is 14.0. The average Bonchev–Trinajstić information content (AvgIpc) is 2.48. The van der Waals surface area contributed by atoms with E-state index in [-0.39, 0.29) is 11.6 Å². The molecule has 3 N–H and O–H groups in total. The largest absolute Gasteiger partial charge is 0.358 e. The highest BCUT2D eigenvalue weighted by molar-refractivity contribution is 7.80. The minimum atomic E-state index is -0.805. The van der Waals surface area contributed by atoms with Crippen molar-refractivity contribution in [3.05, 3.63) is 35.4 Å². The first-order valence-electron chi connectivity index (χ1n) is 7.69. The summed E-state index contributed by atoms with van der Waals surface area (Å²) >= 11 is 5.16. The summed E-state index contributed by atoms with van der Waals surface area (Å²) in [5.41, 5.74) is 4.81. The van der Waals surface area contributed by atoms with Crippen LogP contribution in [0.25, 0.3) is 0 Å². The van der Waals surface area contributed by atoms with Crippen LogP contribution in [-0.4, -0.2) is 17.1 Å². The van der Waals surface area contributed by atoms with Crippen LogP contribution in [0.5, 0.6) is 0 Å². The summed E-state index contributed by atoms with van der Waals surface area (Å²) in [6.45, 7) is 4.40. The molecule has 126 valence electrons. The minimum Gasteiger partial charge on any atom is -0.358 e. The van der Waals surface area contributed by atoms with E-state index in [9.17, 15) is 13.6 Å². The summed E-state index contributed by atoms with van der Waals surface area (Å²) in [6, 6.07) is 2.88. The van der Waals surface area contributed by atoms with E-state index < -0.39 is 17.5 Å². The average molecular weight is 341 g/mol. The van der Waals surface area contributed by atoms with Gasteiger partial charge in [0.15, 0.2) is 5.11 Å². The van der Waals surface area contributed by atoms with Gasteiger partial charge in [0.2, 0.25) is 0 Å². The highest BCUT2D eigenvalue weighted by Gasteiger charge is 2.27. The Bertz CT molecular complexity index is 576. The maximum Gasteiger partial charge on any atom is 0.269 e. The van der Waals surface area contributed by atoms with Crippen LogP contribution in [0.4, 0.5) is 8.78 Å². The molecule has 0 spiro atoms. The van der Waals surface area contributed by atoms with Crippen LogP contribution in [0.3, 0.4) is 0 Å². The van der Waals surface area contributed by atoms with E-state index in [1.807, 2.05) is 0 Å². The van der Waals surface area contributed by atoms with Crippen LogP contribution in [0.2, 0.25) is 0 Å². The molecular weight excluding hydrogens is 320 g/mol. The number of carbonyl (C=O) groups excluding carboxylic acids is 1. The van der Waals surface area contributed by atoms with Crippen LogP contribution >= 0.6 is 12.2 Å². The second-order valence-corrected chi connectivity index (χ2v) is 6.49. The lowest BCUT2D eigenvalue weighted by Gasteiger charge is -2.35. The number of amides is 1. The molecule has 0 aromatic heterocycles. The van der Waals surface area contributed by atoms with Crippen LogP contribution in [-0.2, 0) is 0 Å². The zero-order chi connectivity index (χ0) is 17.0. The molecule has 1 aliphatic rings. The lowest BCUT2D eigenvalue weighted by Crippen LogP contribution is -2.52. The second-order valence-electron chi connectivity index (χ2n) is 6.08. The fourth-order valence-electron chi connectivity index (χ4n) is 2.86. The van der Waals surface area contributed by atoms with Crippen LogP contribution in [0, 0.1) is 23.5 Å². The topological polar surface area (TPSA) is 53.2 Å². The molecule has 1 amide bonds. The molecule has 1 aromatic rings. The lowest BCUT2D eigenvalue weighted by atomic mass is 9.78. The third kappa shape index (κ3) is 4.86. The molecule has 0 saturated heterocycles. The summed E-state index contributed by atoms with van der Waals surface area (Å²) in [7, 11) is 0. The van der Waals surface area contributed by atoms with E-state index in [1.165, 1.54) is 6.42 Å². The molecule has 0 aliphatic heterocycles. The summed E-state index contributed by atoms with van der Waals surface area (Å²) in [5, 5.41) is 3.48. The number of carbonyl (C=O) groups is 1. The molecule has 0 bridgehead atoms. The van der Waals surface area contributed by atoms with Gasteiger partial charge in [-0.3, -0.25) is 15.6 Å². The fourth-order valence-corrected chi connectivity index (χ4v) is 3.06. The molecule has 4 nitrogen and oxygen atoms in total. The van der Waals surface area contributed by atoms with Gasteiger partial charge in [-0.25, -0.2) is 8.78 Å². The van der Waals surface area contributed by atoms with Crippen LogP contribution in [0.1, 0.15) is 43.5 Å². The molecule has 7 heteroatoms. The van der Waals surface area contributed by atoms with Crippen LogP contribution in [0.15, 0.2) is 18.2 Å². The molecule has 3 atom stereocenters. The first-order chi connectivity index (χ1) is 10.9. The molecule has 1 aromatic carbocycles. The standard InChI is InChI=1S/C16H21F2N3OS/c1-9-4-3-5-14(10(9)2)19-16(23)21-20-15(22)11-6-12(17)8-13(18)7-11/h6-10,14H,3-5H2,1-2H3,(H,20,22)(H2,19,21,23)/t9-,10-,14+/m1/s1. The third-order valence-corrected chi connectivity index (χ3v) is 4.66. The minimum absolute atomic E-state index is 0.113. The fraction of sp³-hybridized carbons (Fsp3) is 0.500. The SMILES string of the molecule is C[C@@H]1[C@H](C)CCC[C@@H]1NC(=S)NNC(=O)c1cc(F)cc(F)c1. The van der Waals surface area contributed by atoms with E-state index >= 15 is 0 Å². The van der Waals surface area contributed by atoms with Crippen molar-refractivity contribution in [2.75, 3.05) is 0 Å². The number of thiocarbonyl (C=S) groups is 1. The molecule has 0 radical (unpaired) electrons. The first-order valence-corrected chi connectivity index (χ1v) is 8.10. The van der Waals surface area contributed by atoms with Crippen molar-refractivity contribution >= 4 is 23.2 Å². The van der Waals surface area contributed by atoms with Crippen LogP contribution < -0.4 is 16.2 Å². The van der Waals surface area contributed by atoms with Crippen molar-refractivity contribution in [3.63, 3.8) is 0 Å². The van der Waals surface area contributed by atoms with Gasteiger partial charge in [-0.05, 0) is 42.6 Å². The molecule has 2 rings (SSSR count). The quantitative estimate of drug-likeness (QED) is 0.572. The highest BCUT2D eigenvalue weighted by Crippen LogP contribution is 2.29. The van der Waals surface area contributed by atoms with Crippen molar-refractivity contribution in [2.45, 2.75) is 39.2 Å². The van der Waals surface area contributed by atoms with Crippen molar-refractivity contribution in [2.24, 2.45) is 11.8 Å². The summed E-state index contributed by atoms with van der Waals surface area (Å²) < 4.78 is 26.2. The molecule has 1 fully saturated rings. The first kappa shape index (κ1) is 17.6. The Morgan fingerprint density at radius 2 is 1.78 bits per heavy atom. The van der Waals surface area contributed by atoms with E-state index in [0.717, 1.165) is 25.0 Å².